The summed E-state index contributed by atoms with van der Waals surface area (Å²) in [5.41, 5.74) is 0. The maximum absolute atomic E-state index is 11.0. The molecular formula is C6H11NO4. The molecule has 0 radical (unpaired) electrons. The average Bonchev–Trinajstić information content (AvgIpc) is 2.36. The summed E-state index contributed by atoms with van der Waals surface area (Å²) in [6.07, 6.45) is -0.559. The van der Waals surface area contributed by atoms with E-state index in [-0.39, 0.29) is 25.7 Å². The lowest BCUT2D eigenvalue weighted by atomic mass is 10.4. The predicted molar refractivity (Wildman–Crippen MR) is 35.5 cm³/mol. The molecule has 1 saturated heterocycles. The van der Waals surface area contributed by atoms with Crippen LogP contribution in [0.3, 0.4) is 0 Å². The topological polar surface area (TPSA) is 59.0 Å². The molecule has 5 nitrogen and oxygen atoms in total. The lowest BCUT2D eigenvalue weighted by Gasteiger charge is -2.12. The van der Waals surface area contributed by atoms with Gasteiger partial charge in [0.25, 0.3) is 5.91 Å². The summed E-state index contributed by atoms with van der Waals surface area (Å²) in [4.78, 5) is 15.8. The number of nitrogens with zero attached hydrogens (tertiary/aromatic N) is 1. The van der Waals surface area contributed by atoms with E-state index in [2.05, 4.69) is 4.74 Å². The van der Waals surface area contributed by atoms with E-state index < -0.39 is 6.10 Å². The molecule has 1 fully saturated rings. The Hall–Kier alpha value is -0.650. The summed E-state index contributed by atoms with van der Waals surface area (Å²) >= 11 is 0. The second-order valence-electron chi connectivity index (χ2n) is 2.34. The molecule has 0 spiro atoms. The van der Waals surface area contributed by atoms with E-state index in [1.54, 1.807) is 0 Å². The minimum absolute atomic E-state index is 0.00722. The molecular weight excluding hydrogens is 150 g/mol. The van der Waals surface area contributed by atoms with Crippen LogP contribution in [-0.2, 0) is 14.4 Å². The van der Waals surface area contributed by atoms with E-state index in [0.717, 1.165) is 5.06 Å². The van der Waals surface area contributed by atoms with Crippen molar-refractivity contribution in [3.63, 3.8) is 0 Å². The molecule has 0 aliphatic carbocycles. The highest BCUT2D eigenvalue weighted by atomic mass is 16.7. The lowest BCUT2D eigenvalue weighted by molar-refractivity contribution is -0.172. The molecule has 0 saturated carbocycles. The number of hydrogen-bond donors (Lipinski definition) is 1. The summed E-state index contributed by atoms with van der Waals surface area (Å²) < 4.78 is 4.60. The minimum Gasteiger partial charge on any atom is -0.389 e. The summed E-state index contributed by atoms with van der Waals surface area (Å²) in [6, 6.07) is 0. The van der Waals surface area contributed by atoms with Gasteiger partial charge >= 0.3 is 0 Å². The van der Waals surface area contributed by atoms with E-state index in [0.29, 0.717) is 0 Å². The molecule has 1 amide bonds. The van der Waals surface area contributed by atoms with Crippen molar-refractivity contribution in [3.05, 3.63) is 0 Å². The Bertz CT molecular complexity index is 150. The number of β-amino-alcohol motifs (C(OH)–C–C–N with tert-alkyl or cyclic N) is 1. The van der Waals surface area contributed by atoms with Crippen molar-refractivity contribution < 1.29 is 19.5 Å². The SMILES string of the molecule is COCC(=O)N1C[C@@H](O)CO1. The highest BCUT2D eigenvalue weighted by Crippen LogP contribution is 2.04. The number of hydrogen-bond acceptors (Lipinski definition) is 4. The van der Waals surface area contributed by atoms with Crippen LogP contribution in [0.2, 0.25) is 0 Å². The second kappa shape index (κ2) is 3.66. The molecule has 1 aliphatic heterocycles. The van der Waals surface area contributed by atoms with Crippen molar-refractivity contribution in [2.45, 2.75) is 6.10 Å². The van der Waals surface area contributed by atoms with Crippen molar-refractivity contribution in [2.75, 3.05) is 26.9 Å². The number of aliphatic hydroxyl groups excluding tert-OH is 1. The molecule has 1 aliphatic rings. The van der Waals surface area contributed by atoms with E-state index in [4.69, 9.17) is 9.94 Å². The fourth-order valence-electron chi connectivity index (χ4n) is 0.842. The van der Waals surface area contributed by atoms with Gasteiger partial charge in [-0.15, -0.1) is 0 Å². The van der Waals surface area contributed by atoms with Gasteiger partial charge in [-0.3, -0.25) is 9.63 Å². The van der Waals surface area contributed by atoms with Crippen LogP contribution in [0.25, 0.3) is 0 Å². The van der Waals surface area contributed by atoms with Crippen LogP contribution in [0.1, 0.15) is 0 Å². The van der Waals surface area contributed by atoms with Gasteiger partial charge in [0, 0.05) is 7.11 Å². The first-order valence-electron chi connectivity index (χ1n) is 3.34. The number of carbonyl (C=O) groups excluding carboxylic acids is 1. The van der Waals surface area contributed by atoms with Crippen molar-refractivity contribution in [2.24, 2.45) is 0 Å². The van der Waals surface area contributed by atoms with E-state index >= 15 is 0 Å². The van der Waals surface area contributed by atoms with Gasteiger partial charge in [0.05, 0.1) is 6.54 Å². The number of aliphatic hydroxyl groups is 1. The zero-order chi connectivity index (χ0) is 8.27. The molecule has 0 aromatic rings. The molecule has 1 atom stereocenters. The van der Waals surface area contributed by atoms with Crippen molar-refractivity contribution in [3.8, 4) is 0 Å². The average molecular weight is 161 g/mol. The normalized spacial score (nSPS) is 24.2. The Morgan fingerprint density at radius 1 is 1.91 bits per heavy atom. The predicted octanol–water partition coefficient (Wildman–Crippen LogP) is -1.23. The Kier molecular flexibility index (Phi) is 2.81. The third kappa shape index (κ3) is 2.14. The van der Waals surface area contributed by atoms with E-state index in [9.17, 15) is 4.79 Å². The molecule has 64 valence electrons. The standard InChI is InChI=1S/C6H11NO4/c1-10-4-6(9)7-2-5(8)3-11-7/h5,8H,2-4H2,1H3/t5-/m1/s1. The smallest absolute Gasteiger partial charge is 0.272 e. The van der Waals surface area contributed by atoms with Gasteiger partial charge in [-0.05, 0) is 0 Å². The third-order valence-electron chi connectivity index (χ3n) is 1.35. The summed E-state index contributed by atoms with van der Waals surface area (Å²) in [5.74, 6) is -0.260. The van der Waals surface area contributed by atoms with Crippen LogP contribution < -0.4 is 0 Å². The fraction of sp³-hybridized carbons (Fsp3) is 0.833. The van der Waals surface area contributed by atoms with Crippen LogP contribution in [-0.4, -0.2) is 49.0 Å². The molecule has 5 heteroatoms. The molecule has 1 heterocycles. The largest absolute Gasteiger partial charge is 0.389 e. The summed E-state index contributed by atoms with van der Waals surface area (Å²) in [5, 5.41) is 10.1. The molecule has 0 unspecified atom stereocenters. The Morgan fingerprint density at radius 2 is 2.64 bits per heavy atom. The van der Waals surface area contributed by atoms with Crippen LogP contribution in [0.5, 0.6) is 0 Å². The van der Waals surface area contributed by atoms with E-state index in [1.807, 2.05) is 0 Å². The second-order valence-corrected chi connectivity index (χ2v) is 2.34. The molecule has 0 bridgehead atoms. The number of amides is 1. The van der Waals surface area contributed by atoms with E-state index in [1.165, 1.54) is 7.11 Å². The monoisotopic (exact) mass is 161 g/mol. The van der Waals surface area contributed by atoms with Crippen molar-refractivity contribution in [1.82, 2.24) is 5.06 Å². The van der Waals surface area contributed by atoms with Gasteiger partial charge in [-0.2, -0.15) is 0 Å². The van der Waals surface area contributed by atoms with Gasteiger partial charge < -0.3 is 9.84 Å². The number of hydroxylamine groups is 2. The first-order valence-corrected chi connectivity index (χ1v) is 3.34. The van der Waals surface area contributed by atoms with Crippen molar-refractivity contribution in [1.29, 1.82) is 0 Å². The Labute approximate surface area is 64.5 Å². The molecule has 0 aromatic heterocycles. The highest BCUT2D eigenvalue weighted by molar-refractivity contribution is 5.76. The maximum Gasteiger partial charge on any atom is 0.272 e. The lowest BCUT2D eigenvalue weighted by Crippen LogP contribution is -2.31. The maximum atomic E-state index is 11.0. The fourth-order valence-corrected chi connectivity index (χ4v) is 0.842. The first-order chi connectivity index (χ1) is 5.24. The van der Waals surface area contributed by atoms with Crippen LogP contribution in [0.15, 0.2) is 0 Å². The molecule has 1 rings (SSSR count). The number of carbonyl (C=O) groups is 1. The Morgan fingerprint density at radius 3 is 3.09 bits per heavy atom. The van der Waals surface area contributed by atoms with Crippen LogP contribution >= 0.6 is 0 Å². The molecule has 1 N–H and O–H groups in total. The summed E-state index contributed by atoms with van der Waals surface area (Å²) in [6.45, 7) is 0.421. The number of ether oxygens (including phenoxy) is 1. The Balaban J connectivity index is 2.31. The van der Waals surface area contributed by atoms with Gasteiger partial charge in [0.15, 0.2) is 0 Å². The number of methoxy groups -OCH3 is 1. The first kappa shape index (κ1) is 8.45. The minimum atomic E-state index is -0.559. The zero-order valence-corrected chi connectivity index (χ0v) is 6.32. The van der Waals surface area contributed by atoms with Crippen LogP contribution in [0, 0.1) is 0 Å². The van der Waals surface area contributed by atoms with Gasteiger partial charge in [0.2, 0.25) is 0 Å². The highest BCUT2D eigenvalue weighted by Gasteiger charge is 2.25. The van der Waals surface area contributed by atoms with Crippen LogP contribution in [0.4, 0.5) is 0 Å². The van der Waals surface area contributed by atoms with Crippen molar-refractivity contribution >= 4 is 5.91 Å². The quantitative estimate of drug-likeness (QED) is 0.550. The third-order valence-corrected chi connectivity index (χ3v) is 1.35. The molecule has 0 aromatic carbocycles. The number of rotatable bonds is 2. The van der Waals surface area contributed by atoms with Gasteiger partial charge in [-0.1, -0.05) is 0 Å². The zero-order valence-electron chi connectivity index (χ0n) is 6.32. The van der Waals surface area contributed by atoms with Gasteiger partial charge in [-0.25, -0.2) is 5.06 Å². The molecule has 11 heavy (non-hydrogen) atoms. The summed E-state index contributed by atoms with van der Waals surface area (Å²) in [7, 11) is 1.43. The van der Waals surface area contributed by atoms with Gasteiger partial charge in [0.1, 0.15) is 19.3 Å².